The predicted octanol–water partition coefficient (Wildman–Crippen LogP) is 0.625. The van der Waals surface area contributed by atoms with E-state index in [0.717, 1.165) is 52.4 Å². The van der Waals surface area contributed by atoms with Crippen molar-refractivity contribution in [3.63, 3.8) is 0 Å². The lowest BCUT2D eigenvalue weighted by Crippen LogP contribution is -2.39. The van der Waals surface area contributed by atoms with E-state index in [2.05, 4.69) is 32.4 Å². The van der Waals surface area contributed by atoms with Gasteiger partial charge in [0.2, 0.25) is 0 Å². The molecule has 1 saturated heterocycles. The lowest BCUT2D eigenvalue weighted by atomic mass is 10.4. The van der Waals surface area contributed by atoms with Gasteiger partial charge >= 0.3 is 0 Å². The summed E-state index contributed by atoms with van der Waals surface area (Å²) in [5, 5.41) is 6.48. The Hall–Kier alpha value is -1.60. The van der Waals surface area contributed by atoms with Crippen LogP contribution in [0.2, 0.25) is 0 Å². The monoisotopic (exact) mass is 280 g/mol. The van der Waals surface area contributed by atoms with E-state index in [1.54, 1.807) is 0 Å². The topological polar surface area (TPSA) is 88.3 Å². The molecule has 112 valence electrons. The fourth-order valence-electron chi connectivity index (χ4n) is 2.08. The van der Waals surface area contributed by atoms with Gasteiger partial charge in [-0.1, -0.05) is 6.92 Å². The van der Waals surface area contributed by atoms with Crippen molar-refractivity contribution in [1.82, 2.24) is 14.9 Å². The molecule has 0 amide bonds. The highest BCUT2D eigenvalue weighted by atomic mass is 16.5. The Balaban J connectivity index is 1.82. The van der Waals surface area contributed by atoms with E-state index >= 15 is 0 Å². The molecule has 7 nitrogen and oxygen atoms in total. The summed E-state index contributed by atoms with van der Waals surface area (Å²) in [5.74, 6) is 1.41. The van der Waals surface area contributed by atoms with Crippen molar-refractivity contribution in [2.45, 2.75) is 13.3 Å². The molecular formula is C13H24N6O. The summed E-state index contributed by atoms with van der Waals surface area (Å²) in [6, 6.07) is 0. The van der Waals surface area contributed by atoms with E-state index < -0.39 is 0 Å². The molecule has 1 fully saturated rings. The second kappa shape index (κ2) is 7.86. The summed E-state index contributed by atoms with van der Waals surface area (Å²) in [6.45, 7) is 8.36. The average Bonchev–Trinajstić information content (AvgIpc) is 2.49. The zero-order valence-corrected chi connectivity index (χ0v) is 12.1. The van der Waals surface area contributed by atoms with Crippen molar-refractivity contribution in [1.29, 1.82) is 0 Å². The molecular weight excluding hydrogens is 256 g/mol. The van der Waals surface area contributed by atoms with E-state index in [1.807, 2.05) is 0 Å². The van der Waals surface area contributed by atoms with Gasteiger partial charge in [-0.2, -0.15) is 0 Å². The molecule has 1 aromatic heterocycles. The van der Waals surface area contributed by atoms with Crippen molar-refractivity contribution in [2.24, 2.45) is 0 Å². The fraction of sp³-hybridized carbons (Fsp3) is 0.692. The van der Waals surface area contributed by atoms with E-state index in [1.165, 1.54) is 6.33 Å². The minimum Gasteiger partial charge on any atom is -0.393 e. The molecule has 0 spiro atoms. The van der Waals surface area contributed by atoms with Crippen LogP contribution < -0.4 is 16.4 Å². The number of nitrogens with one attached hydrogen (secondary N) is 2. The number of aromatic nitrogens is 2. The Morgan fingerprint density at radius 2 is 1.85 bits per heavy atom. The van der Waals surface area contributed by atoms with Crippen LogP contribution in [0.1, 0.15) is 13.3 Å². The third-order valence-electron chi connectivity index (χ3n) is 3.25. The van der Waals surface area contributed by atoms with Crippen LogP contribution in [0.15, 0.2) is 6.33 Å². The Morgan fingerprint density at radius 3 is 2.50 bits per heavy atom. The quantitative estimate of drug-likeness (QED) is 0.675. The molecule has 0 bridgehead atoms. The van der Waals surface area contributed by atoms with Crippen LogP contribution in [0.5, 0.6) is 0 Å². The molecule has 0 aliphatic carbocycles. The second-order valence-electron chi connectivity index (χ2n) is 4.79. The Labute approximate surface area is 119 Å². The number of nitrogens with two attached hydrogens (primary N) is 1. The lowest BCUT2D eigenvalue weighted by molar-refractivity contribution is 0.0398. The first-order valence-electron chi connectivity index (χ1n) is 7.19. The van der Waals surface area contributed by atoms with Gasteiger partial charge in [0.15, 0.2) is 11.6 Å². The second-order valence-corrected chi connectivity index (χ2v) is 4.79. The third kappa shape index (κ3) is 4.21. The largest absolute Gasteiger partial charge is 0.393 e. The first kappa shape index (κ1) is 14.8. The van der Waals surface area contributed by atoms with Gasteiger partial charge in [-0.05, 0) is 6.42 Å². The molecule has 0 radical (unpaired) electrons. The zero-order valence-electron chi connectivity index (χ0n) is 12.1. The Bertz CT molecular complexity index is 408. The van der Waals surface area contributed by atoms with E-state index in [0.29, 0.717) is 17.3 Å². The first-order chi connectivity index (χ1) is 9.81. The highest BCUT2D eigenvalue weighted by Crippen LogP contribution is 2.21. The number of anilines is 3. The van der Waals surface area contributed by atoms with Crippen molar-refractivity contribution in [3.05, 3.63) is 6.33 Å². The van der Waals surface area contributed by atoms with Gasteiger partial charge in [-0.15, -0.1) is 0 Å². The summed E-state index contributed by atoms with van der Waals surface area (Å²) in [5.41, 5.74) is 6.65. The van der Waals surface area contributed by atoms with Crippen molar-refractivity contribution < 1.29 is 4.74 Å². The smallest absolute Gasteiger partial charge is 0.154 e. The SMILES string of the molecule is CCCNc1ncnc(NCCN2CCOCC2)c1N. The molecule has 20 heavy (non-hydrogen) atoms. The maximum atomic E-state index is 6.06. The number of ether oxygens (including phenoxy) is 1. The molecule has 1 aliphatic heterocycles. The molecule has 0 atom stereocenters. The third-order valence-corrected chi connectivity index (χ3v) is 3.25. The molecule has 2 rings (SSSR count). The van der Waals surface area contributed by atoms with Crippen LogP contribution in [-0.4, -0.2) is 60.8 Å². The standard InChI is InChI=1S/C13H24N6O/c1-2-3-15-12-11(14)13(18-10-17-12)16-4-5-19-6-8-20-9-7-19/h10H,2-9,14H2,1H3,(H2,15,16,17,18). The number of nitrogen functional groups attached to an aromatic ring is 1. The maximum Gasteiger partial charge on any atom is 0.154 e. The van der Waals surface area contributed by atoms with Crippen LogP contribution in [0.4, 0.5) is 17.3 Å². The highest BCUT2D eigenvalue weighted by molar-refractivity contribution is 5.73. The Morgan fingerprint density at radius 1 is 1.20 bits per heavy atom. The van der Waals surface area contributed by atoms with Crippen molar-refractivity contribution in [3.8, 4) is 0 Å². The van der Waals surface area contributed by atoms with Gasteiger partial charge in [-0.25, -0.2) is 9.97 Å². The van der Waals surface area contributed by atoms with E-state index in [9.17, 15) is 0 Å². The van der Waals surface area contributed by atoms with Crippen LogP contribution in [0, 0.1) is 0 Å². The minimum absolute atomic E-state index is 0.586. The minimum atomic E-state index is 0.586. The summed E-state index contributed by atoms with van der Waals surface area (Å²) >= 11 is 0. The van der Waals surface area contributed by atoms with Gasteiger partial charge in [0.25, 0.3) is 0 Å². The van der Waals surface area contributed by atoms with Crippen LogP contribution in [0.3, 0.4) is 0 Å². The zero-order chi connectivity index (χ0) is 14.2. The molecule has 4 N–H and O–H groups in total. The molecule has 1 aromatic rings. The van der Waals surface area contributed by atoms with Gasteiger partial charge in [0.05, 0.1) is 13.2 Å². The first-order valence-corrected chi connectivity index (χ1v) is 7.19. The van der Waals surface area contributed by atoms with Crippen molar-refractivity contribution in [2.75, 3.05) is 62.3 Å². The summed E-state index contributed by atoms with van der Waals surface area (Å²) in [6.07, 6.45) is 2.56. The van der Waals surface area contributed by atoms with Crippen LogP contribution in [-0.2, 0) is 4.74 Å². The van der Waals surface area contributed by atoms with Gasteiger partial charge < -0.3 is 21.1 Å². The summed E-state index contributed by atoms with van der Waals surface area (Å²) in [4.78, 5) is 10.7. The Kier molecular flexibility index (Phi) is 5.82. The summed E-state index contributed by atoms with van der Waals surface area (Å²) < 4.78 is 5.33. The molecule has 2 heterocycles. The molecule has 7 heteroatoms. The van der Waals surface area contributed by atoms with E-state index in [-0.39, 0.29) is 0 Å². The fourth-order valence-corrected chi connectivity index (χ4v) is 2.08. The molecule has 1 aliphatic rings. The van der Waals surface area contributed by atoms with E-state index in [4.69, 9.17) is 10.5 Å². The average molecular weight is 280 g/mol. The van der Waals surface area contributed by atoms with Gasteiger partial charge in [0.1, 0.15) is 12.0 Å². The number of morpholine rings is 1. The van der Waals surface area contributed by atoms with Crippen molar-refractivity contribution >= 4 is 17.3 Å². The predicted molar refractivity (Wildman–Crippen MR) is 81.0 cm³/mol. The maximum absolute atomic E-state index is 6.06. The molecule has 0 saturated carbocycles. The van der Waals surface area contributed by atoms with Gasteiger partial charge in [-0.3, -0.25) is 4.90 Å². The van der Waals surface area contributed by atoms with Crippen LogP contribution in [0.25, 0.3) is 0 Å². The summed E-state index contributed by atoms with van der Waals surface area (Å²) in [7, 11) is 0. The number of hydrogen-bond donors (Lipinski definition) is 3. The normalized spacial score (nSPS) is 16.1. The number of rotatable bonds is 7. The number of hydrogen-bond acceptors (Lipinski definition) is 7. The molecule has 0 aromatic carbocycles. The molecule has 0 unspecified atom stereocenters. The highest BCUT2D eigenvalue weighted by Gasteiger charge is 2.11. The van der Waals surface area contributed by atoms with Crippen LogP contribution >= 0.6 is 0 Å². The van der Waals surface area contributed by atoms with Gasteiger partial charge in [0, 0.05) is 32.7 Å². The lowest BCUT2D eigenvalue weighted by Gasteiger charge is -2.26. The number of nitrogens with zero attached hydrogens (tertiary/aromatic N) is 3.